The van der Waals surface area contributed by atoms with E-state index in [4.69, 9.17) is 4.42 Å². The molecule has 1 N–H and O–H groups in total. The summed E-state index contributed by atoms with van der Waals surface area (Å²) < 4.78 is 6.41. The van der Waals surface area contributed by atoms with Crippen LogP contribution in [0.3, 0.4) is 0 Å². The maximum atomic E-state index is 5.36. The molecule has 0 bridgehead atoms. The second-order valence-corrected chi connectivity index (χ2v) is 3.64. The van der Waals surface area contributed by atoms with Gasteiger partial charge in [-0.05, 0) is 40.5 Å². The smallest absolute Gasteiger partial charge is 0.143 e. The topological polar surface area (TPSA) is 25.2 Å². The van der Waals surface area contributed by atoms with Crippen LogP contribution in [0.4, 0.5) is 0 Å². The van der Waals surface area contributed by atoms with Gasteiger partial charge in [0.25, 0.3) is 0 Å². The molecule has 64 valence electrons. The first-order valence-electron chi connectivity index (χ1n) is 4.01. The summed E-state index contributed by atoms with van der Waals surface area (Å²) in [6, 6.07) is 1.93. The number of hydrogen-bond donors (Lipinski definition) is 1. The van der Waals surface area contributed by atoms with Gasteiger partial charge < -0.3 is 9.73 Å². The zero-order valence-electron chi connectivity index (χ0n) is 6.64. The third-order valence-electron chi connectivity index (χ3n) is 1.97. The van der Waals surface area contributed by atoms with Gasteiger partial charge in [0, 0.05) is 6.54 Å². The highest BCUT2D eigenvalue weighted by Crippen LogP contribution is 2.27. The van der Waals surface area contributed by atoms with Gasteiger partial charge in [-0.2, -0.15) is 0 Å². The van der Waals surface area contributed by atoms with E-state index in [1.54, 1.807) is 6.26 Å². The van der Waals surface area contributed by atoms with Crippen molar-refractivity contribution in [3.63, 3.8) is 0 Å². The highest BCUT2D eigenvalue weighted by atomic mass is 79.9. The molecule has 12 heavy (non-hydrogen) atoms. The van der Waals surface area contributed by atoms with Gasteiger partial charge in [0.05, 0.1) is 10.7 Å². The molecule has 1 aromatic rings. The van der Waals surface area contributed by atoms with Crippen molar-refractivity contribution >= 4 is 21.5 Å². The Hall–Kier alpha value is -0.540. The van der Waals surface area contributed by atoms with Crippen LogP contribution in [-0.2, 0) is 0 Å². The largest absolute Gasteiger partial charge is 0.463 e. The molecule has 2 nitrogen and oxygen atoms in total. The lowest BCUT2D eigenvalue weighted by Crippen LogP contribution is -2.19. The van der Waals surface area contributed by atoms with Crippen LogP contribution in [-0.4, -0.2) is 13.1 Å². The van der Waals surface area contributed by atoms with E-state index in [1.807, 2.05) is 6.07 Å². The molecule has 0 spiro atoms. The van der Waals surface area contributed by atoms with E-state index in [2.05, 4.69) is 27.3 Å². The first kappa shape index (κ1) is 8.08. The summed E-state index contributed by atoms with van der Waals surface area (Å²) in [5.74, 6) is 0.983. The van der Waals surface area contributed by atoms with E-state index in [1.165, 1.54) is 5.57 Å². The molecule has 0 aromatic carbocycles. The van der Waals surface area contributed by atoms with Crippen LogP contribution in [0.25, 0.3) is 5.57 Å². The summed E-state index contributed by atoms with van der Waals surface area (Å²) in [4.78, 5) is 0. The summed E-state index contributed by atoms with van der Waals surface area (Å²) in [5, 5.41) is 3.26. The van der Waals surface area contributed by atoms with Gasteiger partial charge in [-0.1, -0.05) is 6.08 Å². The Morgan fingerprint density at radius 3 is 3.00 bits per heavy atom. The normalized spacial score (nSPS) is 17.6. The van der Waals surface area contributed by atoms with E-state index in [0.29, 0.717) is 0 Å². The van der Waals surface area contributed by atoms with E-state index in [9.17, 15) is 0 Å². The van der Waals surface area contributed by atoms with Crippen molar-refractivity contribution in [3.05, 3.63) is 28.6 Å². The Labute approximate surface area is 79.8 Å². The number of halogens is 1. The first-order chi connectivity index (χ1) is 5.88. The van der Waals surface area contributed by atoms with Gasteiger partial charge in [0.15, 0.2) is 0 Å². The standard InChI is InChI=1S/C9H10BrNO/c10-8-3-6-12-9(8)7-1-4-11-5-2-7/h1,3,6,11H,2,4-5H2. The van der Waals surface area contributed by atoms with Crippen molar-refractivity contribution < 1.29 is 4.42 Å². The van der Waals surface area contributed by atoms with E-state index >= 15 is 0 Å². The molecular weight excluding hydrogens is 218 g/mol. The van der Waals surface area contributed by atoms with Crippen LogP contribution in [0.1, 0.15) is 12.2 Å². The molecule has 1 aliphatic rings. The molecule has 0 radical (unpaired) electrons. The molecule has 0 saturated heterocycles. The minimum Gasteiger partial charge on any atom is -0.463 e. The molecule has 0 saturated carbocycles. The minimum atomic E-state index is 0.947. The van der Waals surface area contributed by atoms with Crippen LogP contribution in [0.2, 0.25) is 0 Å². The highest BCUT2D eigenvalue weighted by molar-refractivity contribution is 9.10. The van der Waals surface area contributed by atoms with E-state index < -0.39 is 0 Å². The third-order valence-corrected chi connectivity index (χ3v) is 2.60. The number of rotatable bonds is 1. The van der Waals surface area contributed by atoms with Crippen LogP contribution >= 0.6 is 15.9 Å². The molecule has 0 unspecified atom stereocenters. The van der Waals surface area contributed by atoms with Crippen molar-refractivity contribution in [1.29, 1.82) is 0 Å². The molecule has 0 atom stereocenters. The van der Waals surface area contributed by atoms with Gasteiger partial charge in [-0.15, -0.1) is 0 Å². The highest BCUT2D eigenvalue weighted by Gasteiger charge is 2.11. The number of nitrogens with one attached hydrogen (secondary N) is 1. The molecule has 0 amide bonds. The minimum absolute atomic E-state index is 0.947. The van der Waals surface area contributed by atoms with Crippen molar-refractivity contribution in [2.75, 3.05) is 13.1 Å². The number of furan rings is 1. The Morgan fingerprint density at radius 2 is 2.42 bits per heavy atom. The maximum absolute atomic E-state index is 5.36. The second kappa shape index (κ2) is 3.46. The predicted octanol–water partition coefficient (Wildman–Crippen LogP) is 2.42. The molecule has 2 heterocycles. The lowest BCUT2D eigenvalue weighted by atomic mass is 10.1. The molecule has 3 heteroatoms. The summed E-state index contributed by atoms with van der Waals surface area (Å²) in [5.41, 5.74) is 1.30. The Kier molecular flexibility index (Phi) is 2.33. The maximum Gasteiger partial charge on any atom is 0.143 e. The molecular formula is C9H10BrNO. The zero-order valence-corrected chi connectivity index (χ0v) is 8.23. The Bertz CT molecular complexity index is 303. The molecule has 2 rings (SSSR count). The number of hydrogen-bond acceptors (Lipinski definition) is 2. The van der Waals surface area contributed by atoms with Crippen molar-refractivity contribution in [2.24, 2.45) is 0 Å². The van der Waals surface area contributed by atoms with Crippen LogP contribution in [0.15, 0.2) is 27.3 Å². The fourth-order valence-corrected chi connectivity index (χ4v) is 1.81. The third kappa shape index (κ3) is 1.47. The quantitative estimate of drug-likeness (QED) is 0.798. The predicted molar refractivity (Wildman–Crippen MR) is 51.9 cm³/mol. The molecule has 1 aromatic heterocycles. The average Bonchev–Trinajstić information content (AvgIpc) is 2.53. The lowest BCUT2D eigenvalue weighted by molar-refractivity contribution is 0.545. The molecule has 0 aliphatic carbocycles. The average molecular weight is 228 g/mol. The zero-order chi connectivity index (χ0) is 8.39. The summed E-state index contributed by atoms with van der Waals surface area (Å²) in [7, 11) is 0. The lowest BCUT2D eigenvalue weighted by Gasteiger charge is -2.11. The van der Waals surface area contributed by atoms with E-state index in [-0.39, 0.29) is 0 Å². The van der Waals surface area contributed by atoms with Gasteiger partial charge in [0.2, 0.25) is 0 Å². The van der Waals surface area contributed by atoms with Gasteiger partial charge >= 0.3 is 0 Å². The first-order valence-corrected chi connectivity index (χ1v) is 4.80. The van der Waals surface area contributed by atoms with Crippen LogP contribution in [0.5, 0.6) is 0 Å². The van der Waals surface area contributed by atoms with Crippen molar-refractivity contribution in [3.8, 4) is 0 Å². The molecule has 1 aliphatic heterocycles. The Balaban J connectivity index is 2.29. The van der Waals surface area contributed by atoms with Gasteiger partial charge in [0.1, 0.15) is 5.76 Å². The summed E-state index contributed by atoms with van der Waals surface area (Å²) >= 11 is 3.45. The van der Waals surface area contributed by atoms with Crippen molar-refractivity contribution in [2.45, 2.75) is 6.42 Å². The van der Waals surface area contributed by atoms with Crippen molar-refractivity contribution in [1.82, 2.24) is 5.32 Å². The van der Waals surface area contributed by atoms with Gasteiger partial charge in [-0.25, -0.2) is 0 Å². The fraction of sp³-hybridized carbons (Fsp3) is 0.333. The monoisotopic (exact) mass is 227 g/mol. The fourth-order valence-electron chi connectivity index (χ4n) is 1.35. The van der Waals surface area contributed by atoms with Crippen LogP contribution in [0, 0.1) is 0 Å². The van der Waals surface area contributed by atoms with E-state index in [0.717, 1.165) is 29.7 Å². The summed E-state index contributed by atoms with van der Waals surface area (Å²) in [6.45, 7) is 1.99. The SMILES string of the molecule is Brc1ccoc1C1=CCNCC1. The second-order valence-electron chi connectivity index (χ2n) is 2.78. The molecule has 0 fully saturated rings. The van der Waals surface area contributed by atoms with Crippen LogP contribution < -0.4 is 5.32 Å². The van der Waals surface area contributed by atoms with Gasteiger partial charge in [-0.3, -0.25) is 0 Å². The summed E-state index contributed by atoms with van der Waals surface area (Å²) in [6.07, 6.45) is 4.93. The Morgan fingerprint density at radius 1 is 1.50 bits per heavy atom.